The van der Waals surface area contributed by atoms with Crippen LogP contribution in [0.5, 0.6) is 5.75 Å². The van der Waals surface area contributed by atoms with Crippen LogP contribution in [-0.4, -0.2) is 22.3 Å². The van der Waals surface area contributed by atoms with Gasteiger partial charge in [0.2, 0.25) is 5.95 Å². The highest BCUT2D eigenvalue weighted by atomic mass is 79.9. The zero-order valence-electron chi connectivity index (χ0n) is 13.8. The molecule has 0 saturated carbocycles. The lowest BCUT2D eigenvalue weighted by molar-refractivity contribution is 0.241. The lowest BCUT2D eigenvalue weighted by atomic mass is 10.2. The molecule has 0 spiro atoms. The minimum atomic E-state index is 0.138. The number of aryl methyl sites for hydroxylation is 1. The number of H-pyrrole nitrogens is 1. The molecule has 1 aromatic heterocycles. The third kappa shape index (κ3) is 3.94. The van der Waals surface area contributed by atoms with Gasteiger partial charge in [0.25, 0.3) is 0 Å². The highest BCUT2D eigenvalue weighted by Gasteiger charge is 2.04. The van der Waals surface area contributed by atoms with Crippen molar-refractivity contribution in [3.63, 3.8) is 0 Å². The normalized spacial score (nSPS) is 11.5. The molecule has 0 amide bonds. The zero-order valence-corrected chi connectivity index (χ0v) is 15.4. The Balaban J connectivity index is 1.70. The van der Waals surface area contributed by atoms with Gasteiger partial charge in [-0.1, -0.05) is 6.07 Å². The van der Waals surface area contributed by atoms with Gasteiger partial charge in [-0.2, -0.15) is 5.10 Å². The van der Waals surface area contributed by atoms with Crippen LogP contribution in [0.2, 0.25) is 0 Å². The third-order valence-electron chi connectivity index (χ3n) is 3.34. The molecular formula is C18H19BrN4O. The highest BCUT2D eigenvalue weighted by Crippen LogP contribution is 2.26. The first-order valence-electron chi connectivity index (χ1n) is 7.73. The molecule has 0 bridgehead atoms. The summed E-state index contributed by atoms with van der Waals surface area (Å²) in [5.74, 6) is 1.44. The van der Waals surface area contributed by atoms with Crippen LogP contribution in [0.1, 0.15) is 25.0 Å². The summed E-state index contributed by atoms with van der Waals surface area (Å²) in [5, 5.41) is 4.23. The minimum absolute atomic E-state index is 0.138. The number of nitrogens with zero attached hydrogens (tertiary/aromatic N) is 2. The molecule has 5 nitrogen and oxygen atoms in total. The largest absolute Gasteiger partial charge is 0.490 e. The predicted octanol–water partition coefficient (Wildman–Crippen LogP) is 4.87. The van der Waals surface area contributed by atoms with E-state index in [1.807, 2.05) is 44.2 Å². The second-order valence-electron chi connectivity index (χ2n) is 5.83. The zero-order chi connectivity index (χ0) is 17.1. The number of aromatic nitrogens is 2. The molecule has 0 unspecified atom stereocenters. The van der Waals surface area contributed by atoms with Gasteiger partial charge in [0, 0.05) is 0 Å². The fourth-order valence-electron chi connectivity index (χ4n) is 2.29. The second kappa shape index (κ2) is 7.05. The molecule has 6 heteroatoms. The van der Waals surface area contributed by atoms with Crippen LogP contribution in [0.25, 0.3) is 11.0 Å². The van der Waals surface area contributed by atoms with Crippen molar-refractivity contribution in [2.24, 2.45) is 5.10 Å². The molecule has 0 saturated heterocycles. The van der Waals surface area contributed by atoms with Crippen molar-refractivity contribution in [1.82, 2.24) is 9.97 Å². The average Bonchev–Trinajstić information content (AvgIpc) is 2.91. The van der Waals surface area contributed by atoms with E-state index < -0.39 is 0 Å². The quantitative estimate of drug-likeness (QED) is 0.485. The molecule has 0 fully saturated rings. The van der Waals surface area contributed by atoms with Gasteiger partial charge >= 0.3 is 0 Å². The number of ether oxygens (including phenoxy) is 1. The number of aromatic amines is 1. The van der Waals surface area contributed by atoms with Crippen LogP contribution in [0.3, 0.4) is 0 Å². The summed E-state index contributed by atoms with van der Waals surface area (Å²) in [6, 6.07) is 11.9. The Bertz CT molecular complexity index is 886. The van der Waals surface area contributed by atoms with E-state index in [0.29, 0.717) is 5.95 Å². The molecule has 1 heterocycles. The maximum atomic E-state index is 5.70. The Labute approximate surface area is 149 Å². The van der Waals surface area contributed by atoms with Crippen molar-refractivity contribution in [1.29, 1.82) is 0 Å². The van der Waals surface area contributed by atoms with Crippen molar-refractivity contribution < 1.29 is 4.74 Å². The molecule has 0 radical (unpaired) electrons. The fourth-order valence-corrected chi connectivity index (χ4v) is 2.78. The number of hydrazone groups is 1. The number of rotatable bonds is 5. The molecule has 3 aromatic rings. The van der Waals surface area contributed by atoms with Crippen LogP contribution in [-0.2, 0) is 0 Å². The van der Waals surface area contributed by atoms with E-state index in [1.54, 1.807) is 6.21 Å². The van der Waals surface area contributed by atoms with Gasteiger partial charge in [0.15, 0.2) is 0 Å². The summed E-state index contributed by atoms with van der Waals surface area (Å²) in [7, 11) is 0. The first-order chi connectivity index (χ1) is 11.5. The molecule has 24 heavy (non-hydrogen) atoms. The summed E-state index contributed by atoms with van der Waals surface area (Å²) in [5.41, 5.74) is 6.97. The molecule has 0 aliphatic carbocycles. The third-order valence-corrected chi connectivity index (χ3v) is 3.96. The number of hydrogen-bond donors (Lipinski definition) is 2. The molecule has 2 N–H and O–H groups in total. The fraction of sp³-hybridized carbons (Fsp3) is 0.222. The van der Waals surface area contributed by atoms with Gasteiger partial charge in [-0.25, -0.2) is 10.4 Å². The van der Waals surface area contributed by atoms with Crippen LogP contribution < -0.4 is 10.2 Å². The molecule has 3 rings (SSSR count). The Morgan fingerprint density at radius 2 is 2.08 bits per heavy atom. The topological polar surface area (TPSA) is 62.3 Å². The van der Waals surface area contributed by atoms with Gasteiger partial charge in [0.05, 0.1) is 27.8 Å². The maximum Gasteiger partial charge on any atom is 0.222 e. The molecule has 0 aliphatic heterocycles. The molecule has 124 valence electrons. The Hall–Kier alpha value is -2.34. The van der Waals surface area contributed by atoms with Crippen molar-refractivity contribution in [2.45, 2.75) is 26.9 Å². The van der Waals surface area contributed by atoms with Crippen molar-refractivity contribution in [3.8, 4) is 5.75 Å². The number of nitrogens with one attached hydrogen (secondary N) is 2. The predicted molar refractivity (Wildman–Crippen MR) is 102 cm³/mol. The minimum Gasteiger partial charge on any atom is -0.490 e. The average molecular weight is 387 g/mol. The van der Waals surface area contributed by atoms with Crippen molar-refractivity contribution >= 4 is 39.1 Å². The van der Waals surface area contributed by atoms with E-state index in [1.165, 1.54) is 5.56 Å². The van der Waals surface area contributed by atoms with E-state index in [9.17, 15) is 0 Å². The van der Waals surface area contributed by atoms with Crippen LogP contribution >= 0.6 is 15.9 Å². The first kappa shape index (κ1) is 16.5. The molecule has 2 aromatic carbocycles. The van der Waals surface area contributed by atoms with Crippen molar-refractivity contribution in [3.05, 3.63) is 52.0 Å². The number of imidazole rings is 1. The lowest BCUT2D eigenvalue weighted by Crippen LogP contribution is -2.06. The summed E-state index contributed by atoms with van der Waals surface area (Å²) in [4.78, 5) is 7.64. The molecule has 0 aliphatic rings. The Kier molecular flexibility index (Phi) is 4.85. The summed E-state index contributed by atoms with van der Waals surface area (Å²) in [6.07, 6.45) is 1.88. The van der Waals surface area contributed by atoms with E-state index in [-0.39, 0.29) is 6.10 Å². The second-order valence-corrected chi connectivity index (χ2v) is 6.69. The number of benzene rings is 2. The van der Waals surface area contributed by atoms with E-state index >= 15 is 0 Å². The maximum absolute atomic E-state index is 5.70. The number of anilines is 1. The van der Waals surface area contributed by atoms with Gasteiger partial charge in [-0.15, -0.1) is 0 Å². The lowest BCUT2D eigenvalue weighted by Gasteiger charge is -2.11. The summed E-state index contributed by atoms with van der Waals surface area (Å²) >= 11 is 3.52. The standard InChI is InChI=1S/C18H19BrN4O/c1-11(2)24-17-7-5-13(9-14(17)19)10-20-23-18-21-15-6-4-12(3)8-16(15)22-18/h4-11H,1-3H3,(H2,21,22,23)/b20-10-. The monoisotopic (exact) mass is 386 g/mol. The van der Waals surface area contributed by atoms with Crippen LogP contribution in [0.4, 0.5) is 5.95 Å². The molecule has 0 atom stereocenters. The van der Waals surface area contributed by atoms with Crippen LogP contribution in [0.15, 0.2) is 46.0 Å². The van der Waals surface area contributed by atoms with Crippen LogP contribution in [0, 0.1) is 6.92 Å². The smallest absolute Gasteiger partial charge is 0.222 e. The van der Waals surface area contributed by atoms with Gasteiger partial charge in [-0.05, 0) is 78.2 Å². The van der Waals surface area contributed by atoms with Gasteiger partial charge in [0.1, 0.15) is 5.75 Å². The molecular weight excluding hydrogens is 368 g/mol. The summed E-state index contributed by atoms with van der Waals surface area (Å²) in [6.45, 7) is 6.05. The SMILES string of the molecule is Cc1ccc2nc(N/N=C\c3ccc(OC(C)C)c(Br)c3)[nH]c2c1. The van der Waals surface area contributed by atoms with Gasteiger partial charge in [-0.3, -0.25) is 0 Å². The number of fused-ring (bicyclic) bond motifs is 1. The van der Waals surface area contributed by atoms with E-state index in [2.05, 4.69) is 49.4 Å². The van der Waals surface area contributed by atoms with Crippen molar-refractivity contribution in [2.75, 3.05) is 5.43 Å². The van der Waals surface area contributed by atoms with E-state index in [0.717, 1.165) is 26.8 Å². The first-order valence-corrected chi connectivity index (χ1v) is 8.52. The number of halogens is 1. The van der Waals surface area contributed by atoms with Gasteiger partial charge < -0.3 is 9.72 Å². The van der Waals surface area contributed by atoms with E-state index in [4.69, 9.17) is 4.74 Å². The Morgan fingerprint density at radius 3 is 2.83 bits per heavy atom. The highest BCUT2D eigenvalue weighted by molar-refractivity contribution is 9.10. The Morgan fingerprint density at radius 1 is 1.25 bits per heavy atom. The summed E-state index contributed by atoms with van der Waals surface area (Å²) < 4.78 is 6.60. The number of hydrogen-bond acceptors (Lipinski definition) is 4.